The van der Waals surface area contributed by atoms with E-state index < -0.39 is 15.9 Å². The standard InChI is InChI=1S/C24H25N3O4S/c1-17-7-6-10-20(13-17)27-32(30,31)21-12-11-18(2)22(14-21)24(29)26-16-23(28)25-15-19-8-4-3-5-9-19/h3-14,27H,15-16H2,1-2H3,(H,25,28)(H,26,29). The predicted molar refractivity (Wildman–Crippen MR) is 124 cm³/mol. The second-order valence-electron chi connectivity index (χ2n) is 7.40. The first-order valence-electron chi connectivity index (χ1n) is 10.0. The third-order valence-corrected chi connectivity index (χ3v) is 6.16. The van der Waals surface area contributed by atoms with E-state index in [2.05, 4.69) is 15.4 Å². The fourth-order valence-corrected chi connectivity index (χ4v) is 4.13. The monoisotopic (exact) mass is 451 g/mol. The van der Waals surface area contributed by atoms with E-state index in [1.165, 1.54) is 12.1 Å². The van der Waals surface area contributed by atoms with Crippen LogP contribution in [0.2, 0.25) is 0 Å². The number of carbonyl (C=O) groups excluding carboxylic acids is 2. The first-order chi connectivity index (χ1) is 15.2. The predicted octanol–water partition coefficient (Wildman–Crippen LogP) is 3.15. The molecule has 0 aliphatic carbocycles. The second-order valence-corrected chi connectivity index (χ2v) is 9.08. The summed E-state index contributed by atoms with van der Waals surface area (Å²) in [5.74, 6) is -0.866. The molecule has 0 bridgehead atoms. The van der Waals surface area contributed by atoms with E-state index in [-0.39, 0.29) is 22.9 Å². The summed E-state index contributed by atoms with van der Waals surface area (Å²) in [4.78, 5) is 24.6. The average molecular weight is 452 g/mol. The van der Waals surface area contributed by atoms with Gasteiger partial charge in [-0.3, -0.25) is 14.3 Å². The van der Waals surface area contributed by atoms with Crippen LogP contribution < -0.4 is 15.4 Å². The number of benzene rings is 3. The van der Waals surface area contributed by atoms with Crippen LogP contribution in [-0.4, -0.2) is 26.8 Å². The highest BCUT2D eigenvalue weighted by Crippen LogP contribution is 2.20. The molecule has 0 heterocycles. The van der Waals surface area contributed by atoms with Gasteiger partial charge in [0.05, 0.1) is 11.4 Å². The molecule has 166 valence electrons. The highest BCUT2D eigenvalue weighted by atomic mass is 32.2. The van der Waals surface area contributed by atoms with Gasteiger partial charge in [-0.15, -0.1) is 0 Å². The Morgan fingerprint density at radius 3 is 2.31 bits per heavy atom. The van der Waals surface area contributed by atoms with Crippen LogP contribution in [0.3, 0.4) is 0 Å². The van der Waals surface area contributed by atoms with Gasteiger partial charge in [-0.25, -0.2) is 8.42 Å². The van der Waals surface area contributed by atoms with Crippen LogP contribution in [0.15, 0.2) is 77.7 Å². The Balaban J connectivity index is 1.65. The smallest absolute Gasteiger partial charge is 0.261 e. The minimum absolute atomic E-state index is 0.0386. The van der Waals surface area contributed by atoms with Gasteiger partial charge in [-0.2, -0.15) is 0 Å². The number of aryl methyl sites for hydroxylation is 2. The molecule has 7 nitrogen and oxygen atoms in total. The normalized spacial score (nSPS) is 10.9. The largest absolute Gasteiger partial charge is 0.350 e. The van der Waals surface area contributed by atoms with Crippen LogP contribution in [0, 0.1) is 13.8 Å². The van der Waals surface area contributed by atoms with Gasteiger partial charge >= 0.3 is 0 Å². The van der Waals surface area contributed by atoms with E-state index in [0.29, 0.717) is 17.8 Å². The molecule has 32 heavy (non-hydrogen) atoms. The first kappa shape index (κ1) is 23.0. The van der Waals surface area contributed by atoms with E-state index in [0.717, 1.165) is 11.1 Å². The molecular formula is C24H25N3O4S. The Morgan fingerprint density at radius 2 is 1.59 bits per heavy atom. The lowest BCUT2D eigenvalue weighted by molar-refractivity contribution is -0.120. The Kier molecular flexibility index (Phi) is 7.27. The summed E-state index contributed by atoms with van der Waals surface area (Å²) < 4.78 is 28.1. The topological polar surface area (TPSA) is 104 Å². The Bertz CT molecular complexity index is 1230. The summed E-state index contributed by atoms with van der Waals surface area (Å²) >= 11 is 0. The lowest BCUT2D eigenvalue weighted by Gasteiger charge is -2.12. The van der Waals surface area contributed by atoms with E-state index >= 15 is 0 Å². The molecule has 0 atom stereocenters. The third-order valence-electron chi connectivity index (χ3n) is 4.78. The summed E-state index contributed by atoms with van der Waals surface area (Å²) in [5, 5.41) is 5.27. The van der Waals surface area contributed by atoms with Gasteiger partial charge in [-0.1, -0.05) is 48.5 Å². The van der Waals surface area contributed by atoms with Crippen LogP contribution in [0.5, 0.6) is 0 Å². The number of hydrogen-bond acceptors (Lipinski definition) is 4. The second kappa shape index (κ2) is 10.1. The van der Waals surface area contributed by atoms with Crippen molar-refractivity contribution in [3.05, 3.63) is 95.1 Å². The van der Waals surface area contributed by atoms with Crippen molar-refractivity contribution in [2.45, 2.75) is 25.3 Å². The zero-order chi connectivity index (χ0) is 23.1. The van der Waals surface area contributed by atoms with E-state index in [1.807, 2.05) is 43.3 Å². The lowest BCUT2D eigenvalue weighted by Crippen LogP contribution is -2.36. The number of anilines is 1. The highest BCUT2D eigenvalue weighted by molar-refractivity contribution is 7.92. The van der Waals surface area contributed by atoms with Crippen LogP contribution in [-0.2, 0) is 21.4 Å². The van der Waals surface area contributed by atoms with Gasteiger partial charge in [-0.05, 0) is 54.8 Å². The molecule has 3 aromatic rings. The van der Waals surface area contributed by atoms with Gasteiger partial charge in [0, 0.05) is 17.8 Å². The van der Waals surface area contributed by atoms with Crippen molar-refractivity contribution in [1.29, 1.82) is 0 Å². The number of sulfonamides is 1. The van der Waals surface area contributed by atoms with E-state index in [4.69, 9.17) is 0 Å². The Labute approximate surface area is 187 Å². The molecule has 0 saturated heterocycles. The van der Waals surface area contributed by atoms with Gasteiger partial charge < -0.3 is 10.6 Å². The number of hydrogen-bond donors (Lipinski definition) is 3. The third kappa shape index (κ3) is 6.18. The molecule has 0 fully saturated rings. The van der Waals surface area contributed by atoms with Gasteiger partial charge in [0.2, 0.25) is 5.91 Å². The Morgan fingerprint density at radius 1 is 0.844 bits per heavy atom. The molecule has 3 aromatic carbocycles. The van der Waals surface area contributed by atoms with Crippen LogP contribution >= 0.6 is 0 Å². The highest BCUT2D eigenvalue weighted by Gasteiger charge is 2.19. The summed E-state index contributed by atoms with van der Waals surface area (Å²) in [6.07, 6.45) is 0. The summed E-state index contributed by atoms with van der Waals surface area (Å²) in [5.41, 5.74) is 3.09. The summed E-state index contributed by atoms with van der Waals surface area (Å²) in [6.45, 7) is 3.70. The quantitative estimate of drug-likeness (QED) is 0.489. The molecular weight excluding hydrogens is 426 g/mol. The molecule has 0 saturated carbocycles. The maximum Gasteiger partial charge on any atom is 0.261 e. The van der Waals surface area contributed by atoms with Crippen molar-refractivity contribution in [2.24, 2.45) is 0 Å². The van der Waals surface area contributed by atoms with Crippen molar-refractivity contribution in [3.8, 4) is 0 Å². The molecule has 0 radical (unpaired) electrons. The van der Waals surface area contributed by atoms with Crippen LogP contribution in [0.25, 0.3) is 0 Å². The van der Waals surface area contributed by atoms with Crippen LogP contribution in [0.1, 0.15) is 27.0 Å². The van der Waals surface area contributed by atoms with Crippen molar-refractivity contribution in [2.75, 3.05) is 11.3 Å². The number of amides is 2. The summed E-state index contributed by atoms with van der Waals surface area (Å²) in [7, 11) is -3.88. The van der Waals surface area contributed by atoms with Gasteiger partial charge in [0.1, 0.15) is 0 Å². The number of nitrogens with one attached hydrogen (secondary N) is 3. The van der Waals surface area contributed by atoms with Gasteiger partial charge in [0.25, 0.3) is 15.9 Å². The molecule has 3 N–H and O–H groups in total. The number of carbonyl (C=O) groups is 2. The summed E-state index contributed by atoms with van der Waals surface area (Å²) in [6, 6.07) is 20.7. The maximum absolute atomic E-state index is 12.8. The van der Waals surface area contributed by atoms with Gasteiger partial charge in [0.15, 0.2) is 0 Å². The van der Waals surface area contributed by atoms with E-state index in [1.54, 1.807) is 31.2 Å². The molecule has 0 aromatic heterocycles. The number of rotatable bonds is 8. The molecule has 0 aliphatic rings. The zero-order valence-corrected chi connectivity index (χ0v) is 18.7. The van der Waals surface area contributed by atoms with Crippen LogP contribution in [0.4, 0.5) is 5.69 Å². The minimum Gasteiger partial charge on any atom is -0.350 e. The minimum atomic E-state index is -3.88. The SMILES string of the molecule is Cc1cccc(NS(=O)(=O)c2ccc(C)c(C(=O)NCC(=O)NCc3ccccc3)c2)c1. The van der Waals surface area contributed by atoms with Crippen molar-refractivity contribution >= 4 is 27.5 Å². The fraction of sp³-hybridized carbons (Fsp3) is 0.167. The molecule has 3 rings (SSSR count). The van der Waals surface area contributed by atoms with Crippen molar-refractivity contribution < 1.29 is 18.0 Å². The molecule has 0 aliphatic heterocycles. The van der Waals surface area contributed by atoms with E-state index in [9.17, 15) is 18.0 Å². The average Bonchev–Trinajstić information content (AvgIpc) is 2.76. The fourth-order valence-electron chi connectivity index (χ4n) is 3.05. The van der Waals surface area contributed by atoms with Crippen molar-refractivity contribution in [3.63, 3.8) is 0 Å². The molecule has 2 amide bonds. The Hall–Kier alpha value is -3.65. The molecule has 8 heteroatoms. The molecule has 0 spiro atoms. The molecule has 0 unspecified atom stereocenters. The maximum atomic E-state index is 12.8. The first-order valence-corrected chi connectivity index (χ1v) is 11.5. The van der Waals surface area contributed by atoms with Crippen molar-refractivity contribution in [1.82, 2.24) is 10.6 Å². The lowest BCUT2D eigenvalue weighted by atomic mass is 10.1. The zero-order valence-electron chi connectivity index (χ0n) is 17.9.